The maximum atomic E-state index is 12.2. The zero-order valence-corrected chi connectivity index (χ0v) is 15.0. The van der Waals surface area contributed by atoms with Crippen molar-refractivity contribution in [2.24, 2.45) is 0 Å². The first-order valence-corrected chi connectivity index (χ1v) is 8.49. The van der Waals surface area contributed by atoms with E-state index in [-0.39, 0.29) is 17.9 Å². The van der Waals surface area contributed by atoms with E-state index in [1.54, 1.807) is 25.1 Å². The van der Waals surface area contributed by atoms with Crippen molar-refractivity contribution in [2.45, 2.75) is 31.8 Å². The second-order valence-corrected chi connectivity index (χ2v) is 6.74. The van der Waals surface area contributed by atoms with Crippen molar-refractivity contribution in [3.63, 3.8) is 0 Å². The van der Waals surface area contributed by atoms with Gasteiger partial charge in [0.2, 0.25) is 0 Å². The normalized spacial score (nSPS) is 15.2. The lowest BCUT2D eigenvalue weighted by molar-refractivity contribution is -0.0802. The molecule has 3 unspecified atom stereocenters. The van der Waals surface area contributed by atoms with E-state index in [1.165, 1.54) is 4.57 Å². The van der Waals surface area contributed by atoms with Crippen LogP contribution in [0.5, 0.6) is 0 Å². The predicted molar refractivity (Wildman–Crippen MR) is 98.1 cm³/mol. The lowest BCUT2D eigenvalue weighted by Gasteiger charge is -2.25. The van der Waals surface area contributed by atoms with Crippen LogP contribution in [0.4, 0.5) is 0 Å². The molecule has 5 N–H and O–H groups in total. The molecule has 9 nitrogen and oxygen atoms in total. The number of hydrogen-bond acceptors (Lipinski definition) is 7. The fourth-order valence-electron chi connectivity index (χ4n) is 2.94. The van der Waals surface area contributed by atoms with Crippen LogP contribution in [0.25, 0.3) is 22.3 Å². The Morgan fingerprint density at radius 1 is 1.19 bits per heavy atom. The Balaban J connectivity index is 2.28. The van der Waals surface area contributed by atoms with Crippen LogP contribution in [0.15, 0.2) is 27.8 Å². The molecule has 1 aromatic carbocycles. The van der Waals surface area contributed by atoms with Gasteiger partial charge in [-0.3, -0.25) is 9.78 Å². The molecule has 0 aliphatic carbocycles. The van der Waals surface area contributed by atoms with Crippen LogP contribution >= 0.6 is 11.6 Å². The molecule has 3 rings (SSSR count). The quantitative estimate of drug-likeness (QED) is 0.356. The maximum Gasteiger partial charge on any atom is 0.349 e. The van der Waals surface area contributed by atoms with Gasteiger partial charge in [0.15, 0.2) is 5.82 Å². The van der Waals surface area contributed by atoms with Crippen molar-refractivity contribution >= 4 is 22.5 Å². The Morgan fingerprint density at radius 2 is 1.89 bits per heavy atom. The van der Waals surface area contributed by atoms with Gasteiger partial charge in [-0.1, -0.05) is 11.6 Å². The molecule has 0 spiro atoms. The highest BCUT2D eigenvalue weighted by atomic mass is 35.5. The fraction of sp³-hybridized carbons (Fsp3) is 0.353. The summed E-state index contributed by atoms with van der Waals surface area (Å²) >= 11 is 6.20. The summed E-state index contributed by atoms with van der Waals surface area (Å²) in [6.45, 7) is 0.740. The van der Waals surface area contributed by atoms with Gasteiger partial charge < -0.3 is 25.0 Å². The van der Waals surface area contributed by atoms with E-state index < -0.39 is 36.2 Å². The van der Waals surface area contributed by atoms with Crippen LogP contribution in [0.1, 0.15) is 5.56 Å². The summed E-state index contributed by atoms with van der Waals surface area (Å²) in [5.41, 5.74) is -0.146. The number of halogens is 1. The molecule has 0 bridgehead atoms. The monoisotopic (exact) mass is 395 g/mol. The Kier molecular flexibility index (Phi) is 5.31. The van der Waals surface area contributed by atoms with Crippen molar-refractivity contribution in [2.75, 3.05) is 6.61 Å². The van der Waals surface area contributed by atoms with E-state index >= 15 is 0 Å². The van der Waals surface area contributed by atoms with Crippen molar-refractivity contribution in [3.05, 3.63) is 49.6 Å². The lowest BCUT2D eigenvalue weighted by atomic mass is 10.1. The zero-order valence-electron chi connectivity index (χ0n) is 14.3. The van der Waals surface area contributed by atoms with E-state index in [1.807, 2.05) is 0 Å². The van der Waals surface area contributed by atoms with Gasteiger partial charge in [0, 0.05) is 5.02 Å². The Labute approximate surface area is 157 Å². The summed E-state index contributed by atoms with van der Waals surface area (Å²) in [7, 11) is 0. The predicted octanol–water partition coefficient (Wildman–Crippen LogP) is -0.774. The topological polar surface area (TPSA) is 149 Å². The van der Waals surface area contributed by atoms with Crippen molar-refractivity contribution < 1.29 is 20.4 Å². The van der Waals surface area contributed by atoms with Crippen LogP contribution in [-0.2, 0) is 6.54 Å². The minimum absolute atomic E-state index is 0.000841. The number of rotatable bonds is 5. The highest BCUT2D eigenvalue weighted by Crippen LogP contribution is 2.29. The SMILES string of the molecule is Cc1cc2cc3c(=O)[nH]c(=O)nc-3n(CC(O)C(O)C(O)CO)c2cc1Cl. The van der Waals surface area contributed by atoms with Crippen molar-refractivity contribution in [1.29, 1.82) is 0 Å². The zero-order chi connectivity index (χ0) is 19.9. The van der Waals surface area contributed by atoms with Crippen LogP contribution in [0, 0.1) is 6.92 Å². The Hall–Kier alpha value is -2.30. The minimum Gasteiger partial charge on any atom is -0.394 e. The van der Waals surface area contributed by atoms with E-state index in [2.05, 4.69) is 9.97 Å². The fourth-order valence-corrected chi connectivity index (χ4v) is 3.10. The second kappa shape index (κ2) is 7.37. The highest BCUT2D eigenvalue weighted by Gasteiger charge is 2.27. The number of aliphatic hydroxyl groups is 4. The highest BCUT2D eigenvalue weighted by molar-refractivity contribution is 6.32. The van der Waals surface area contributed by atoms with Gasteiger partial charge in [-0.05, 0) is 36.1 Å². The van der Waals surface area contributed by atoms with Gasteiger partial charge in [0.1, 0.15) is 18.3 Å². The van der Waals surface area contributed by atoms with Gasteiger partial charge in [-0.15, -0.1) is 0 Å². The molecule has 0 aromatic heterocycles. The first-order valence-electron chi connectivity index (χ1n) is 8.11. The summed E-state index contributed by atoms with van der Waals surface area (Å²) in [6.07, 6.45) is -4.72. The summed E-state index contributed by atoms with van der Waals surface area (Å²) in [5, 5.41) is 39.8. The van der Waals surface area contributed by atoms with Crippen LogP contribution in [0.3, 0.4) is 0 Å². The van der Waals surface area contributed by atoms with Gasteiger partial charge in [0.05, 0.1) is 24.2 Å². The number of aryl methyl sites for hydroxylation is 1. The standard InChI is InChI=1S/C17H18ClN3O6/c1-7-2-8-3-9-15(19-17(27)20-16(9)26)21(11(8)4-10(7)18)5-12(23)14(25)13(24)6-22/h2-4,12-14,22-25H,5-6H2,1H3,(H,20,26,27). The number of H-pyrrole nitrogens is 1. The van der Waals surface area contributed by atoms with Gasteiger partial charge in [-0.25, -0.2) is 4.79 Å². The minimum atomic E-state index is -1.65. The summed E-state index contributed by atoms with van der Waals surface area (Å²) in [5.74, 6) is 0.000841. The molecule has 0 fully saturated rings. The molecule has 3 atom stereocenters. The van der Waals surface area contributed by atoms with Gasteiger partial charge in [-0.2, -0.15) is 4.98 Å². The first kappa shape index (κ1) is 19.5. The van der Waals surface area contributed by atoms with Gasteiger partial charge >= 0.3 is 5.69 Å². The molecule has 2 aliphatic heterocycles. The molecule has 144 valence electrons. The number of nitrogens with one attached hydrogen (secondary N) is 1. The number of nitrogens with zero attached hydrogens (tertiary/aromatic N) is 2. The van der Waals surface area contributed by atoms with E-state index in [4.69, 9.17) is 16.7 Å². The number of fused-ring (bicyclic) bond motifs is 2. The van der Waals surface area contributed by atoms with E-state index in [0.717, 1.165) is 5.56 Å². The molecule has 0 saturated carbocycles. The van der Waals surface area contributed by atoms with Crippen LogP contribution in [-0.4, -0.2) is 59.9 Å². The third-order valence-corrected chi connectivity index (χ3v) is 4.82. The molecule has 2 heterocycles. The molecule has 1 aromatic rings. The summed E-state index contributed by atoms with van der Waals surface area (Å²) in [4.78, 5) is 29.8. The number of aromatic amines is 1. The van der Waals surface area contributed by atoms with Gasteiger partial charge in [0.25, 0.3) is 5.56 Å². The molecular formula is C17H18ClN3O6. The number of aliphatic hydroxyl groups excluding tert-OH is 4. The molecule has 0 radical (unpaired) electrons. The Bertz CT molecular complexity index is 1080. The van der Waals surface area contributed by atoms with Crippen LogP contribution < -0.4 is 11.2 Å². The molecular weight excluding hydrogens is 378 g/mol. The van der Waals surface area contributed by atoms with Crippen LogP contribution in [0.2, 0.25) is 5.02 Å². The number of aromatic nitrogens is 3. The summed E-state index contributed by atoms with van der Waals surface area (Å²) < 4.78 is 1.38. The second-order valence-electron chi connectivity index (χ2n) is 6.33. The third-order valence-electron chi connectivity index (χ3n) is 4.41. The number of benzene rings is 1. The average molecular weight is 396 g/mol. The smallest absolute Gasteiger partial charge is 0.349 e. The third kappa shape index (κ3) is 3.60. The van der Waals surface area contributed by atoms with E-state index in [0.29, 0.717) is 15.9 Å². The molecule has 0 saturated heterocycles. The molecule has 10 heteroatoms. The summed E-state index contributed by atoms with van der Waals surface area (Å²) in [6, 6.07) is 4.89. The first-order chi connectivity index (χ1) is 12.7. The molecule has 2 aliphatic rings. The maximum absolute atomic E-state index is 12.2. The largest absolute Gasteiger partial charge is 0.394 e. The molecule has 27 heavy (non-hydrogen) atoms. The Morgan fingerprint density at radius 3 is 2.56 bits per heavy atom. The van der Waals surface area contributed by atoms with Crippen molar-refractivity contribution in [3.8, 4) is 11.4 Å². The number of pyridine rings is 1. The molecule has 0 amide bonds. The van der Waals surface area contributed by atoms with E-state index in [9.17, 15) is 24.9 Å². The average Bonchev–Trinajstić information content (AvgIpc) is 2.62. The van der Waals surface area contributed by atoms with Crippen molar-refractivity contribution in [1.82, 2.24) is 14.5 Å². The lowest BCUT2D eigenvalue weighted by Crippen LogP contribution is -2.42. The number of hydrogen-bond donors (Lipinski definition) is 5.